The molecule has 1 aliphatic heterocycles. The molecule has 0 spiro atoms. The van der Waals surface area contributed by atoms with Crippen molar-refractivity contribution in [1.82, 2.24) is 4.90 Å². The molecule has 2 aromatic rings. The molecule has 2 amide bonds. The third kappa shape index (κ3) is 3.29. The van der Waals surface area contributed by atoms with E-state index >= 15 is 0 Å². The Labute approximate surface area is 165 Å². The number of benzene rings is 1. The maximum atomic E-state index is 12.9. The summed E-state index contributed by atoms with van der Waals surface area (Å²) >= 11 is 1.17. The number of nitrogens with zero attached hydrogens (tertiary/aromatic N) is 1. The highest BCUT2D eigenvalue weighted by Gasteiger charge is 2.41. The van der Waals surface area contributed by atoms with Crippen molar-refractivity contribution in [2.75, 3.05) is 33.1 Å². The molecule has 3 rings (SSSR count). The number of methoxy groups -OCH3 is 2. The minimum Gasteiger partial charge on any atom is -0.493 e. The Hall–Kier alpha value is -3.07. The lowest BCUT2D eigenvalue weighted by Crippen LogP contribution is -2.32. The van der Waals surface area contributed by atoms with Gasteiger partial charge < -0.3 is 19.9 Å². The van der Waals surface area contributed by atoms with E-state index in [1.54, 1.807) is 25.3 Å². The first-order chi connectivity index (χ1) is 13.4. The van der Waals surface area contributed by atoms with Crippen LogP contribution >= 0.6 is 11.3 Å². The number of ether oxygens (including phenoxy) is 3. The van der Waals surface area contributed by atoms with Crippen LogP contribution in [0.2, 0.25) is 0 Å². The molecule has 9 heteroatoms. The predicted octanol–water partition coefficient (Wildman–Crippen LogP) is 2.56. The highest BCUT2D eigenvalue weighted by Crippen LogP contribution is 2.45. The largest absolute Gasteiger partial charge is 0.493 e. The van der Waals surface area contributed by atoms with Crippen LogP contribution < -0.4 is 15.2 Å². The van der Waals surface area contributed by atoms with E-state index in [4.69, 9.17) is 15.2 Å². The molecule has 1 aromatic heterocycles. The zero-order valence-corrected chi connectivity index (χ0v) is 16.6. The molecule has 1 aromatic carbocycles. The second kappa shape index (κ2) is 7.89. The topological polar surface area (TPSA) is 108 Å². The lowest BCUT2D eigenvalue weighted by molar-refractivity contribution is -0.140. The van der Waals surface area contributed by atoms with E-state index in [-0.39, 0.29) is 29.1 Å². The quantitative estimate of drug-likeness (QED) is 0.558. The average Bonchev–Trinajstić information content (AvgIpc) is 3.16. The summed E-state index contributed by atoms with van der Waals surface area (Å²) < 4.78 is 15.5. The number of anilines is 1. The number of amides is 2. The highest BCUT2D eigenvalue weighted by atomic mass is 32.1. The molecule has 0 saturated heterocycles. The van der Waals surface area contributed by atoms with Gasteiger partial charge in [-0.15, -0.1) is 11.3 Å². The number of nitrogens with two attached hydrogens (primary N) is 1. The summed E-state index contributed by atoms with van der Waals surface area (Å²) in [6, 6.07) is 5.27. The lowest BCUT2D eigenvalue weighted by atomic mass is 10.1. The van der Waals surface area contributed by atoms with Crippen LogP contribution in [0.4, 0.5) is 5.00 Å². The van der Waals surface area contributed by atoms with Crippen LogP contribution in [0.1, 0.15) is 34.1 Å². The molecular formula is C19H20N2O6S. The van der Waals surface area contributed by atoms with Crippen molar-refractivity contribution in [3.8, 4) is 21.9 Å². The Morgan fingerprint density at radius 1 is 1.14 bits per heavy atom. The summed E-state index contributed by atoms with van der Waals surface area (Å²) in [7, 11) is 2.79. The van der Waals surface area contributed by atoms with Gasteiger partial charge in [0.25, 0.3) is 11.8 Å². The summed E-state index contributed by atoms with van der Waals surface area (Å²) in [5.41, 5.74) is 7.18. The first-order valence-corrected chi connectivity index (χ1v) is 9.41. The van der Waals surface area contributed by atoms with Crippen LogP contribution in [0.3, 0.4) is 0 Å². The maximum absolute atomic E-state index is 12.9. The van der Waals surface area contributed by atoms with E-state index < -0.39 is 17.8 Å². The van der Waals surface area contributed by atoms with Gasteiger partial charge in [0.1, 0.15) is 5.00 Å². The number of hydrogen-bond donors (Lipinski definition) is 1. The van der Waals surface area contributed by atoms with Crippen LogP contribution in [-0.4, -0.2) is 50.1 Å². The Bertz CT molecular complexity index is 952. The van der Waals surface area contributed by atoms with Crippen molar-refractivity contribution in [3.05, 3.63) is 29.3 Å². The molecule has 2 N–H and O–H groups in total. The smallest absolute Gasteiger partial charge is 0.307 e. The third-order valence-corrected chi connectivity index (χ3v) is 5.41. The number of rotatable bonds is 7. The summed E-state index contributed by atoms with van der Waals surface area (Å²) in [6.45, 7) is 2.24. The molecule has 0 unspecified atom stereocenters. The Balaban J connectivity index is 2.00. The van der Waals surface area contributed by atoms with Gasteiger partial charge in [-0.2, -0.15) is 0 Å². The van der Waals surface area contributed by atoms with E-state index in [2.05, 4.69) is 4.74 Å². The minimum atomic E-state index is -0.500. The fourth-order valence-electron chi connectivity index (χ4n) is 3.03. The second-order valence-corrected chi connectivity index (χ2v) is 6.98. The molecule has 0 atom stereocenters. The van der Waals surface area contributed by atoms with Gasteiger partial charge in [-0.05, 0) is 30.7 Å². The molecule has 2 heterocycles. The number of esters is 1. The van der Waals surface area contributed by atoms with Crippen LogP contribution in [0.15, 0.2) is 18.2 Å². The van der Waals surface area contributed by atoms with Gasteiger partial charge in [0, 0.05) is 6.54 Å². The Kier molecular flexibility index (Phi) is 5.55. The fraction of sp³-hybridized carbons (Fsp3) is 0.316. The molecule has 0 bridgehead atoms. The van der Waals surface area contributed by atoms with E-state index in [1.165, 1.54) is 18.4 Å². The van der Waals surface area contributed by atoms with Crippen molar-refractivity contribution in [2.45, 2.75) is 13.3 Å². The van der Waals surface area contributed by atoms with Gasteiger partial charge in [0.15, 0.2) is 11.5 Å². The van der Waals surface area contributed by atoms with Gasteiger partial charge in [-0.1, -0.05) is 0 Å². The van der Waals surface area contributed by atoms with Crippen LogP contribution in [-0.2, 0) is 9.53 Å². The molecular weight excluding hydrogens is 384 g/mol. The molecule has 0 fully saturated rings. The molecule has 0 saturated carbocycles. The molecule has 0 radical (unpaired) electrons. The van der Waals surface area contributed by atoms with E-state index in [1.807, 2.05) is 6.92 Å². The lowest BCUT2D eigenvalue weighted by Gasteiger charge is -2.14. The van der Waals surface area contributed by atoms with Crippen LogP contribution in [0.5, 0.6) is 11.5 Å². The highest BCUT2D eigenvalue weighted by molar-refractivity contribution is 7.20. The van der Waals surface area contributed by atoms with Crippen LogP contribution in [0, 0.1) is 0 Å². The van der Waals surface area contributed by atoms with Crippen molar-refractivity contribution < 1.29 is 28.6 Å². The minimum absolute atomic E-state index is 0.0601. The summed E-state index contributed by atoms with van der Waals surface area (Å²) in [5, 5.41) is 0.262. The summed E-state index contributed by atoms with van der Waals surface area (Å²) in [4.78, 5) is 38.6. The molecule has 1 aliphatic rings. The molecule has 8 nitrogen and oxygen atoms in total. The van der Waals surface area contributed by atoms with Crippen molar-refractivity contribution >= 4 is 34.1 Å². The predicted molar refractivity (Wildman–Crippen MR) is 104 cm³/mol. The molecule has 28 heavy (non-hydrogen) atoms. The number of fused-ring (bicyclic) bond motifs is 1. The molecule has 0 aliphatic carbocycles. The van der Waals surface area contributed by atoms with Crippen molar-refractivity contribution in [3.63, 3.8) is 0 Å². The van der Waals surface area contributed by atoms with Gasteiger partial charge in [-0.25, -0.2) is 0 Å². The van der Waals surface area contributed by atoms with Gasteiger partial charge in [0.05, 0.1) is 43.3 Å². The van der Waals surface area contributed by atoms with Gasteiger partial charge >= 0.3 is 5.97 Å². The summed E-state index contributed by atoms with van der Waals surface area (Å²) in [6.07, 6.45) is -0.0755. The fourth-order valence-corrected chi connectivity index (χ4v) is 4.07. The van der Waals surface area contributed by atoms with Crippen molar-refractivity contribution in [2.24, 2.45) is 0 Å². The standard InChI is InChI=1S/C19H20N2O6S/c1-4-27-12-9-10(5-6-11(12)25-2)16-14-15(17(20)28-16)19(24)21(18(14)23)8-7-13(22)26-3/h5-6,9H,4,7-8,20H2,1-3H3. The maximum Gasteiger partial charge on any atom is 0.307 e. The van der Waals surface area contributed by atoms with Gasteiger partial charge in [0.2, 0.25) is 0 Å². The monoisotopic (exact) mass is 404 g/mol. The zero-order chi connectivity index (χ0) is 20.4. The van der Waals surface area contributed by atoms with E-state index in [9.17, 15) is 14.4 Å². The van der Waals surface area contributed by atoms with E-state index in [0.29, 0.717) is 28.5 Å². The van der Waals surface area contributed by atoms with E-state index in [0.717, 1.165) is 4.90 Å². The number of nitrogen functional groups attached to an aromatic ring is 1. The Morgan fingerprint density at radius 3 is 2.50 bits per heavy atom. The SMILES string of the molecule is CCOc1cc(-c2sc(N)c3c2C(=O)N(CCC(=O)OC)C3=O)ccc1OC. The second-order valence-electron chi connectivity index (χ2n) is 5.93. The molecule has 148 valence electrons. The zero-order valence-electron chi connectivity index (χ0n) is 15.7. The third-order valence-electron chi connectivity index (χ3n) is 4.35. The van der Waals surface area contributed by atoms with Crippen LogP contribution in [0.25, 0.3) is 10.4 Å². The first kappa shape index (κ1) is 19.7. The number of carbonyl (C=O) groups excluding carboxylic acids is 3. The normalized spacial score (nSPS) is 12.9. The number of thiophene rings is 1. The van der Waals surface area contributed by atoms with Gasteiger partial charge in [-0.3, -0.25) is 19.3 Å². The Morgan fingerprint density at radius 2 is 1.86 bits per heavy atom. The average molecular weight is 404 g/mol. The van der Waals surface area contributed by atoms with Crippen molar-refractivity contribution in [1.29, 1.82) is 0 Å². The number of carbonyl (C=O) groups is 3. The first-order valence-electron chi connectivity index (χ1n) is 8.59. The summed E-state index contributed by atoms with van der Waals surface area (Å²) in [5.74, 6) is -0.376. The number of hydrogen-bond acceptors (Lipinski definition) is 8. The number of imide groups is 1.